The molecule has 4 heteroatoms. The van der Waals surface area contributed by atoms with Crippen molar-refractivity contribution in [2.45, 2.75) is 33.4 Å². The van der Waals surface area contributed by atoms with Crippen LogP contribution in [0.3, 0.4) is 0 Å². The maximum absolute atomic E-state index is 5.91. The molecule has 106 valence electrons. The van der Waals surface area contributed by atoms with E-state index in [9.17, 15) is 0 Å². The Hall–Kier alpha value is -1.39. The molecule has 0 radical (unpaired) electrons. The average molecular weight is 335 g/mol. The molecule has 0 saturated heterocycles. The molecule has 0 aliphatic heterocycles. The second-order valence-electron chi connectivity index (χ2n) is 5.02. The monoisotopic (exact) mass is 334 g/mol. The summed E-state index contributed by atoms with van der Waals surface area (Å²) >= 11 is 3.49. The number of ether oxygens (including phenoxy) is 1. The zero-order valence-corrected chi connectivity index (χ0v) is 13.6. The molecule has 3 nitrogen and oxygen atoms in total. The molecule has 1 aromatic heterocycles. The van der Waals surface area contributed by atoms with Gasteiger partial charge in [0, 0.05) is 28.8 Å². The lowest BCUT2D eigenvalue weighted by molar-refractivity contribution is 0.450. The van der Waals surface area contributed by atoms with Crippen molar-refractivity contribution < 1.29 is 4.74 Å². The minimum Gasteiger partial charge on any atom is -0.439 e. The molecule has 1 aromatic carbocycles. The summed E-state index contributed by atoms with van der Waals surface area (Å²) in [4.78, 5) is 4.33. The minimum absolute atomic E-state index is 0.429. The van der Waals surface area contributed by atoms with Gasteiger partial charge in [-0.3, -0.25) is 0 Å². The lowest BCUT2D eigenvalue weighted by atomic mass is 10.2. The number of rotatable bonds is 5. The highest BCUT2D eigenvalue weighted by Gasteiger charge is 2.07. The second-order valence-corrected chi connectivity index (χ2v) is 5.87. The molecule has 0 aliphatic rings. The molecule has 0 atom stereocenters. The lowest BCUT2D eigenvalue weighted by Crippen LogP contribution is -2.22. The summed E-state index contributed by atoms with van der Waals surface area (Å²) in [5.74, 6) is 1.46. The molecule has 0 spiro atoms. The topological polar surface area (TPSA) is 34.1 Å². The van der Waals surface area contributed by atoms with Gasteiger partial charge < -0.3 is 10.1 Å². The van der Waals surface area contributed by atoms with Crippen molar-refractivity contribution in [2.75, 3.05) is 0 Å². The molecule has 0 fully saturated rings. The highest BCUT2D eigenvalue weighted by Crippen LogP contribution is 2.26. The van der Waals surface area contributed by atoms with Gasteiger partial charge >= 0.3 is 0 Å². The van der Waals surface area contributed by atoms with E-state index in [1.807, 2.05) is 37.3 Å². The number of benzene rings is 1. The van der Waals surface area contributed by atoms with Gasteiger partial charge in [-0.15, -0.1) is 0 Å². The quantitative estimate of drug-likeness (QED) is 0.877. The minimum atomic E-state index is 0.429. The number of halogens is 1. The Morgan fingerprint density at radius 3 is 2.80 bits per heavy atom. The van der Waals surface area contributed by atoms with Gasteiger partial charge in [0.2, 0.25) is 5.88 Å². The zero-order chi connectivity index (χ0) is 14.5. The summed E-state index contributed by atoms with van der Waals surface area (Å²) in [5, 5.41) is 3.38. The Morgan fingerprint density at radius 1 is 1.30 bits per heavy atom. The summed E-state index contributed by atoms with van der Waals surface area (Å²) in [6, 6.07) is 10.3. The van der Waals surface area contributed by atoms with E-state index >= 15 is 0 Å². The molecular formula is C16H19BrN2O. The number of hydrogen-bond acceptors (Lipinski definition) is 3. The van der Waals surface area contributed by atoms with Gasteiger partial charge in [-0.2, -0.15) is 0 Å². The van der Waals surface area contributed by atoms with Gasteiger partial charge in [0.15, 0.2) is 0 Å². The van der Waals surface area contributed by atoms with E-state index in [0.717, 1.165) is 27.9 Å². The SMILES string of the molecule is Cc1cc(Oc2ncccc2CNC(C)C)ccc1Br. The van der Waals surface area contributed by atoms with Crippen LogP contribution in [0.15, 0.2) is 41.0 Å². The first-order valence-electron chi connectivity index (χ1n) is 6.67. The van der Waals surface area contributed by atoms with Crippen molar-refractivity contribution in [3.8, 4) is 11.6 Å². The molecule has 1 N–H and O–H groups in total. The van der Waals surface area contributed by atoms with Gasteiger partial charge in [0.25, 0.3) is 0 Å². The highest BCUT2D eigenvalue weighted by atomic mass is 79.9. The van der Waals surface area contributed by atoms with Crippen LogP contribution >= 0.6 is 15.9 Å². The van der Waals surface area contributed by atoms with E-state index in [-0.39, 0.29) is 0 Å². The van der Waals surface area contributed by atoms with Crippen LogP contribution in [-0.4, -0.2) is 11.0 Å². The van der Waals surface area contributed by atoms with E-state index in [1.165, 1.54) is 0 Å². The van der Waals surface area contributed by atoms with Crippen LogP contribution in [0.2, 0.25) is 0 Å². The number of pyridine rings is 1. The van der Waals surface area contributed by atoms with E-state index < -0.39 is 0 Å². The van der Waals surface area contributed by atoms with E-state index in [2.05, 4.69) is 40.1 Å². The maximum atomic E-state index is 5.91. The third-order valence-corrected chi connectivity index (χ3v) is 3.78. The number of hydrogen-bond donors (Lipinski definition) is 1. The lowest BCUT2D eigenvalue weighted by Gasteiger charge is -2.12. The number of nitrogens with zero attached hydrogens (tertiary/aromatic N) is 1. The predicted molar refractivity (Wildman–Crippen MR) is 85.2 cm³/mol. The number of nitrogens with one attached hydrogen (secondary N) is 1. The first-order valence-corrected chi connectivity index (χ1v) is 7.47. The molecule has 0 saturated carbocycles. The van der Waals surface area contributed by atoms with Crippen molar-refractivity contribution in [1.82, 2.24) is 10.3 Å². The van der Waals surface area contributed by atoms with Gasteiger partial charge in [0.1, 0.15) is 5.75 Å². The standard InChI is InChI=1S/C16H19BrN2O/c1-11(2)19-10-13-5-4-8-18-16(13)20-14-6-7-15(17)12(3)9-14/h4-9,11,19H,10H2,1-3H3. The summed E-state index contributed by atoms with van der Waals surface area (Å²) < 4.78 is 6.98. The van der Waals surface area contributed by atoms with Crippen LogP contribution in [0.4, 0.5) is 0 Å². The molecule has 0 unspecified atom stereocenters. The normalized spacial score (nSPS) is 10.8. The van der Waals surface area contributed by atoms with E-state index in [1.54, 1.807) is 6.20 Å². The Balaban J connectivity index is 2.17. The summed E-state index contributed by atoms with van der Waals surface area (Å²) in [5.41, 5.74) is 2.20. The molecule has 1 heterocycles. The Morgan fingerprint density at radius 2 is 2.10 bits per heavy atom. The molecule has 0 bridgehead atoms. The van der Waals surface area contributed by atoms with Crippen molar-refractivity contribution >= 4 is 15.9 Å². The second kappa shape index (κ2) is 6.86. The van der Waals surface area contributed by atoms with Crippen LogP contribution in [0.1, 0.15) is 25.0 Å². The molecule has 0 amide bonds. The van der Waals surface area contributed by atoms with Crippen LogP contribution < -0.4 is 10.1 Å². The van der Waals surface area contributed by atoms with Crippen LogP contribution in [0.25, 0.3) is 0 Å². The summed E-state index contributed by atoms with van der Waals surface area (Å²) in [6.45, 7) is 7.02. The molecular weight excluding hydrogens is 316 g/mol. The molecule has 0 aliphatic carbocycles. The smallest absolute Gasteiger partial charge is 0.223 e. The summed E-state index contributed by atoms with van der Waals surface area (Å²) in [6.07, 6.45) is 1.75. The van der Waals surface area contributed by atoms with Crippen molar-refractivity contribution in [1.29, 1.82) is 0 Å². The molecule has 2 aromatic rings. The third kappa shape index (κ3) is 4.05. The first-order chi connectivity index (χ1) is 9.56. The largest absolute Gasteiger partial charge is 0.439 e. The Labute approximate surface area is 128 Å². The van der Waals surface area contributed by atoms with E-state index in [4.69, 9.17) is 4.74 Å². The fourth-order valence-corrected chi connectivity index (χ4v) is 2.00. The predicted octanol–water partition coefficient (Wildman–Crippen LogP) is 4.44. The van der Waals surface area contributed by atoms with Gasteiger partial charge in [-0.05, 0) is 36.8 Å². The van der Waals surface area contributed by atoms with Crippen LogP contribution in [0, 0.1) is 6.92 Å². The number of aryl methyl sites for hydroxylation is 1. The van der Waals surface area contributed by atoms with Crippen LogP contribution in [0.5, 0.6) is 11.6 Å². The first kappa shape index (κ1) is 15.0. The van der Waals surface area contributed by atoms with Gasteiger partial charge in [0.05, 0.1) is 0 Å². The average Bonchev–Trinajstić information content (AvgIpc) is 2.42. The molecule has 2 rings (SSSR count). The Kier molecular flexibility index (Phi) is 5.15. The van der Waals surface area contributed by atoms with Crippen LogP contribution in [-0.2, 0) is 6.54 Å². The zero-order valence-electron chi connectivity index (χ0n) is 12.0. The fourth-order valence-electron chi connectivity index (χ4n) is 1.76. The summed E-state index contributed by atoms with van der Waals surface area (Å²) in [7, 11) is 0. The van der Waals surface area contributed by atoms with E-state index in [0.29, 0.717) is 11.9 Å². The van der Waals surface area contributed by atoms with Gasteiger partial charge in [-0.1, -0.05) is 35.8 Å². The number of aromatic nitrogens is 1. The highest BCUT2D eigenvalue weighted by molar-refractivity contribution is 9.10. The van der Waals surface area contributed by atoms with Crippen molar-refractivity contribution in [2.24, 2.45) is 0 Å². The Bertz CT molecular complexity index is 584. The third-order valence-electron chi connectivity index (χ3n) is 2.89. The van der Waals surface area contributed by atoms with Crippen molar-refractivity contribution in [3.05, 3.63) is 52.1 Å². The fraction of sp³-hybridized carbons (Fsp3) is 0.312. The van der Waals surface area contributed by atoms with Gasteiger partial charge in [-0.25, -0.2) is 4.98 Å². The maximum Gasteiger partial charge on any atom is 0.223 e. The molecule has 20 heavy (non-hydrogen) atoms. The van der Waals surface area contributed by atoms with Crippen molar-refractivity contribution in [3.63, 3.8) is 0 Å².